The molecule has 0 aliphatic carbocycles. The summed E-state index contributed by atoms with van der Waals surface area (Å²) in [4.78, 5) is 14.0. The topological polar surface area (TPSA) is 32.3 Å². The van der Waals surface area contributed by atoms with Crippen molar-refractivity contribution >= 4 is 5.91 Å². The molecule has 3 nitrogen and oxygen atoms in total. The van der Waals surface area contributed by atoms with Crippen LogP contribution in [0.1, 0.15) is 76.2 Å². The normalized spacial score (nSPS) is 14.6. The standard InChI is InChI=1S/C14H24N2O.C4H10.C2H6/c1-9(2)13-14(10(3)4)16(11(5)6)12(17)7-8-15-13;1-4(2)3;1-2/h7-11,15H,1-6H3;4H,1-3H3;1-2H3. The van der Waals surface area contributed by atoms with E-state index >= 15 is 0 Å². The van der Waals surface area contributed by atoms with Gasteiger partial charge >= 0.3 is 0 Å². The predicted octanol–water partition coefficient (Wildman–Crippen LogP) is 5.55. The van der Waals surface area contributed by atoms with Gasteiger partial charge in [-0.05, 0) is 31.6 Å². The summed E-state index contributed by atoms with van der Waals surface area (Å²) in [5.74, 6) is 1.60. The summed E-state index contributed by atoms with van der Waals surface area (Å²) in [5.41, 5.74) is 2.26. The van der Waals surface area contributed by atoms with E-state index in [1.54, 1.807) is 12.3 Å². The van der Waals surface area contributed by atoms with E-state index < -0.39 is 0 Å². The first kappa shape index (κ1) is 24.0. The Morgan fingerprint density at radius 3 is 1.61 bits per heavy atom. The number of allylic oxidation sites excluding steroid dienone is 2. The Bertz CT molecular complexity index is 388. The molecule has 0 saturated heterocycles. The molecule has 0 unspecified atom stereocenters. The molecule has 23 heavy (non-hydrogen) atoms. The number of nitrogens with zero attached hydrogens (tertiary/aromatic N) is 1. The highest BCUT2D eigenvalue weighted by Crippen LogP contribution is 2.27. The van der Waals surface area contributed by atoms with E-state index in [4.69, 9.17) is 0 Å². The van der Waals surface area contributed by atoms with Gasteiger partial charge in [0.05, 0.1) is 0 Å². The lowest BCUT2D eigenvalue weighted by molar-refractivity contribution is -0.126. The van der Waals surface area contributed by atoms with Gasteiger partial charge in [0.1, 0.15) is 0 Å². The van der Waals surface area contributed by atoms with Crippen molar-refractivity contribution in [2.24, 2.45) is 17.8 Å². The third-order valence-corrected chi connectivity index (χ3v) is 2.88. The first-order chi connectivity index (χ1) is 10.6. The average Bonchev–Trinajstić information content (AvgIpc) is 2.59. The first-order valence-electron chi connectivity index (χ1n) is 9.09. The minimum Gasteiger partial charge on any atom is -0.363 e. The van der Waals surface area contributed by atoms with E-state index in [-0.39, 0.29) is 11.9 Å². The number of carbonyl (C=O) groups is 1. The molecule has 0 spiro atoms. The van der Waals surface area contributed by atoms with E-state index in [9.17, 15) is 4.79 Å². The summed E-state index contributed by atoms with van der Waals surface area (Å²) in [7, 11) is 0. The molecule has 3 heteroatoms. The minimum absolute atomic E-state index is 0.0619. The van der Waals surface area contributed by atoms with Crippen molar-refractivity contribution in [1.29, 1.82) is 0 Å². The van der Waals surface area contributed by atoms with Crippen molar-refractivity contribution in [2.75, 3.05) is 0 Å². The van der Waals surface area contributed by atoms with Gasteiger partial charge in [-0.3, -0.25) is 4.79 Å². The highest BCUT2D eigenvalue weighted by atomic mass is 16.2. The van der Waals surface area contributed by atoms with Gasteiger partial charge in [-0.2, -0.15) is 0 Å². The molecule has 0 aromatic rings. The zero-order chi connectivity index (χ0) is 18.7. The Labute approximate surface area is 145 Å². The summed E-state index contributed by atoms with van der Waals surface area (Å²) < 4.78 is 0. The second-order valence-corrected chi connectivity index (χ2v) is 7.12. The van der Waals surface area contributed by atoms with Crippen LogP contribution in [0.3, 0.4) is 0 Å². The molecular weight excluding hydrogens is 284 g/mol. The Kier molecular flexibility index (Phi) is 12.7. The molecule has 1 heterocycles. The van der Waals surface area contributed by atoms with Gasteiger partial charge in [0, 0.05) is 29.7 Å². The molecular formula is C20H40N2O. The molecule has 1 aliphatic rings. The molecule has 0 radical (unpaired) electrons. The quantitative estimate of drug-likeness (QED) is 0.738. The van der Waals surface area contributed by atoms with Crippen LogP contribution in [-0.4, -0.2) is 16.8 Å². The van der Waals surface area contributed by atoms with Crippen LogP contribution in [0.5, 0.6) is 0 Å². The molecule has 0 fully saturated rings. The number of hydrogen-bond donors (Lipinski definition) is 1. The Morgan fingerprint density at radius 2 is 1.30 bits per heavy atom. The van der Waals surface area contributed by atoms with Crippen molar-refractivity contribution in [3.8, 4) is 0 Å². The Morgan fingerprint density at radius 1 is 0.870 bits per heavy atom. The Hall–Kier alpha value is -1.25. The first-order valence-corrected chi connectivity index (χ1v) is 9.09. The lowest BCUT2D eigenvalue weighted by Gasteiger charge is -2.32. The van der Waals surface area contributed by atoms with Gasteiger partial charge < -0.3 is 10.2 Å². The van der Waals surface area contributed by atoms with E-state index in [1.807, 2.05) is 18.7 Å². The van der Waals surface area contributed by atoms with Gasteiger partial charge in [-0.25, -0.2) is 0 Å². The van der Waals surface area contributed by atoms with Crippen molar-refractivity contribution in [3.63, 3.8) is 0 Å². The molecule has 1 rings (SSSR count). The lowest BCUT2D eigenvalue weighted by atomic mass is 9.99. The van der Waals surface area contributed by atoms with Crippen LogP contribution in [0.4, 0.5) is 0 Å². The van der Waals surface area contributed by atoms with Gasteiger partial charge in [-0.15, -0.1) is 0 Å². The van der Waals surface area contributed by atoms with Crippen molar-refractivity contribution in [2.45, 2.75) is 82.2 Å². The Balaban J connectivity index is 0. The van der Waals surface area contributed by atoms with Crippen LogP contribution in [0.15, 0.2) is 23.7 Å². The van der Waals surface area contributed by atoms with Crippen LogP contribution >= 0.6 is 0 Å². The van der Waals surface area contributed by atoms with Gasteiger partial charge in [0.2, 0.25) is 0 Å². The molecule has 136 valence electrons. The maximum absolute atomic E-state index is 12.1. The number of rotatable bonds is 3. The van der Waals surface area contributed by atoms with E-state index in [0.717, 1.165) is 17.3 Å². The van der Waals surface area contributed by atoms with Crippen LogP contribution in [0.2, 0.25) is 0 Å². The summed E-state index contributed by atoms with van der Waals surface area (Å²) in [5, 5.41) is 3.26. The molecule has 0 aromatic carbocycles. The summed E-state index contributed by atoms with van der Waals surface area (Å²) in [6, 6.07) is 0.179. The fraction of sp³-hybridized carbons (Fsp3) is 0.750. The third kappa shape index (κ3) is 8.83. The average molecular weight is 325 g/mol. The van der Waals surface area contributed by atoms with Crippen molar-refractivity contribution < 1.29 is 4.79 Å². The van der Waals surface area contributed by atoms with Crippen LogP contribution in [0.25, 0.3) is 0 Å². The molecule has 1 N–H and O–H groups in total. The van der Waals surface area contributed by atoms with Gasteiger partial charge in [-0.1, -0.05) is 62.3 Å². The molecule has 0 atom stereocenters. The molecule has 0 aromatic heterocycles. The molecule has 0 saturated carbocycles. The lowest BCUT2D eigenvalue weighted by Crippen LogP contribution is -2.38. The molecule has 1 amide bonds. The zero-order valence-corrected chi connectivity index (χ0v) is 17.3. The highest BCUT2D eigenvalue weighted by Gasteiger charge is 2.27. The van der Waals surface area contributed by atoms with E-state index in [2.05, 4.69) is 67.6 Å². The molecule has 1 aliphatic heterocycles. The maximum atomic E-state index is 12.1. The summed E-state index contributed by atoms with van der Waals surface area (Å²) >= 11 is 0. The smallest absolute Gasteiger partial charge is 0.252 e. The monoisotopic (exact) mass is 324 g/mol. The second kappa shape index (κ2) is 12.2. The third-order valence-electron chi connectivity index (χ3n) is 2.88. The number of carbonyl (C=O) groups excluding carboxylic acids is 1. The number of nitrogens with one attached hydrogen (secondary N) is 1. The van der Waals surface area contributed by atoms with Gasteiger partial charge in [0.25, 0.3) is 5.91 Å². The maximum Gasteiger partial charge on any atom is 0.252 e. The predicted molar refractivity (Wildman–Crippen MR) is 103 cm³/mol. The van der Waals surface area contributed by atoms with Crippen LogP contribution in [-0.2, 0) is 4.79 Å². The van der Waals surface area contributed by atoms with Crippen LogP contribution < -0.4 is 5.32 Å². The second-order valence-electron chi connectivity index (χ2n) is 7.12. The molecule has 0 bridgehead atoms. The van der Waals surface area contributed by atoms with Gasteiger partial charge in [0.15, 0.2) is 0 Å². The largest absolute Gasteiger partial charge is 0.363 e. The van der Waals surface area contributed by atoms with Crippen molar-refractivity contribution in [1.82, 2.24) is 10.2 Å². The fourth-order valence-electron chi connectivity index (χ4n) is 2.19. The van der Waals surface area contributed by atoms with E-state index in [0.29, 0.717) is 11.8 Å². The summed E-state index contributed by atoms with van der Waals surface area (Å²) in [6.45, 7) is 23.2. The highest BCUT2D eigenvalue weighted by molar-refractivity contribution is 5.89. The SMILES string of the molecule is CC.CC(C)C.CC(C)C1=C(C(C)C)N(C(C)C)C(=O)C=CN1. The van der Waals surface area contributed by atoms with Crippen molar-refractivity contribution in [3.05, 3.63) is 23.7 Å². The van der Waals surface area contributed by atoms with E-state index in [1.165, 1.54) is 0 Å². The number of hydrogen-bond acceptors (Lipinski definition) is 2. The minimum atomic E-state index is 0.0619. The fourth-order valence-corrected chi connectivity index (χ4v) is 2.19. The summed E-state index contributed by atoms with van der Waals surface area (Å²) in [6.07, 6.45) is 3.36. The zero-order valence-electron chi connectivity index (χ0n) is 17.3. The number of amides is 1. The van der Waals surface area contributed by atoms with Crippen LogP contribution in [0, 0.1) is 17.8 Å².